The van der Waals surface area contributed by atoms with Crippen LogP contribution in [0.2, 0.25) is 10.0 Å². The van der Waals surface area contributed by atoms with Crippen LogP contribution in [0.3, 0.4) is 0 Å². The summed E-state index contributed by atoms with van der Waals surface area (Å²) in [5, 5.41) is 3.46. The van der Waals surface area contributed by atoms with Crippen LogP contribution in [-0.2, 0) is 9.59 Å². The lowest BCUT2D eigenvalue weighted by Crippen LogP contribution is -2.32. The van der Waals surface area contributed by atoms with E-state index >= 15 is 0 Å². The number of hydrogen-bond acceptors (Lipinski definition) is 3. The summed E-state index contributed by atoms with van der Waals surface area (Å²) in [6.07, 6.45) is 0. The van der Waals surface area contributed by atoms with E-state index in [0.29, 0.717) is 21.4 Å². The topological polar surface area (TPSA) is 49.4 Å². The molecule has 1 aliphatic heterocycles. The zero-order valence-corrected chi connectivity index (χ0v) is 17.2. The third kappa shape index (κ3) is 3.65. The Morgan fingerprint density at radius 2 is 1.60 bits per heavy atom. The van der Waals surface area contributed by atoms with E-state index < -0.39 is 11.8 Å². The predicted molar refractivity (Wildman–Crippen MR) is 109 cm³/mol. The predicted octanol–water partition coefficient (Wildman–Crippen LogP) is 5.34. The number of benzene rings is 2. The Morgan fingerprint density at radius 3 is 2.20 bits per heavy atom. The van der Waals surface area contributed by atoms with Crippen molar-refractivity contribution >= 4 is 80.6 Å². The first-order valence-electron chi connectivity index (χ1n) is 7.06. The van der Waals surface area contributed by atoms with E-state index in [9.17, 15) is 9.59 Å². The molecule has 1 heterocycles. The monoisotopic (exact) mass is 506 g/mol. The molecule has 1 N–H and O–H groups in total. The number of carbonyl (C=O) groups excluding carboxylic acids is 2. The molecule has 0 unspecified atom stereocenters. The second-order valence-corrected chi connectivity index (χ2v) is 7.85. The van der Waals surface area contributed by atoms with Gasteiger partial charge in [0.05, 0.1) is 5.69 Å². The number of carbonyl (C=O) groups is 2. The minimum Gasteiger partial charge on any atom is -0.350 e. The first-order chi connectivity index (χ1) is 11.8. The number of rotatable bonds is 3. The Labute approximate surface area is 172 Å². The van der Waals surface area contributed by atoms with Crippen molar-refractivity contribution in [2.45, 2.75) is 6.92 Å². The van der Waals surface area contributed by atoms with Gasteiger partial charge in [-0.3, -0.25) is 9.59 Å². The summed E-state index contributed by atoms with van der Waals surface area (Å²) in [6.45, 7) is 1.83. The average molecular weight is 508 g/mol. The Kier molecular flexibility index (Phi) is 5.29. The SMILES string of the molecule is Cc1cc(I)ccc1N1C(=O)C(Cl)=C(Nc2cc(Cl)cc(Cl)c2)C1=O. The highest BCUT2D eigenvalue weighted by Crippen LogP contribution is 2.33. The van der Waals surface area contributed by atoms with Crippen LogP contribution in [-0.4, -0.2) is 11.8 Å². The highest BCUT2D eigenvalue weighted by molar-refractivity contribution is 14.1. The Balaban J connectivity index is 1.96. The highest BCUT2D eigenvalue weighted by atomic mass is 127. The summed E-state index contributed by atoms with van der Waals surface area (Å²) < 4.78 is 1.00. The maximum atomic E-state index is 12.8. The van der Waals surface area contributed by atoms with Gasteiger partial charge in [-0.2, -0.15) is 0 Å². The van der Waals surface area contributed by atoms with Crippen molar-refractivity contribution in [2.75, 3.05) is 10.2 Å². The van der Waals surface area contributed by atoms with Crippen molar-refractivity contribution in [2.24, 2.45) is 0 Å². The number of aryl methyl sites for hydroxylation is 1. The molecule has 3 rings (SSSR count). The number of nitrogens with zero attached hydrogens (tertiary/aromatic N) is 1. The number of anilines is 2. The summed E-state index contributed by atoms with van der Waals surface area (Å²) >= 11 is 20.2. The highest BCUT2D eigenvalue weighted by Gasteiger charge is 2.39. The van der Waals surface area contributed by atoms with Gasteiger partial charge in [0.15, 0.2) is 0 Å². The van der Waals surface area contributed by atoms with Gasteiger partial charge in [0.2, 0.25) is 0 Å². The maximum absolute atomic E-state index is 12.8. The van der Waals surface area contributed by atoms with Gasteiger partial charge in [-0.05, 0) is 71.5 Å². The van der Waals surface area contributed by atoms with Crippen LogP contribution in [0.4, 0.5) is 11.4 Å². The molecule has 4 nitrogen and oxygen atoms in total. The Bertz CT molecular complexity index is 923. The minimum absolute atomic E-state index is 0.0112. The number of hydrogen-bond donors (Lipinski definition) is 1. The number of nitrogens with one attached hydrogen (secondary N) is 1. The van der Waals surface area contributed by atoms with Crippen LogP contribution >= 0.6 is 57.4 Å². The Hall–Kier alpha value is -1.28. The van der Waals surface area contributed by atoms with Crippen LogP contribution in [0.15, 0.2) is 47.1 Å². The van der Waals surface area contributed by atoms with Crippen molar-refractivity contribution in [1.29, 1.82) is 0 Å². The fourth-order valence-corrected chi connectivity index (χ4v) is 3.86. The molecule has 2 aromatic carbocycles. The molecule has 0 saturated carbocycles. The minimum atomic E-state index is -0.577. The van der Waals surface area contributed by atoms with Gasteiger partial charge in [0, 0.05) is 19.3 Å². The molecule has 0 saturated heterocycles. The van der Waals surface area contributed by atoms with Gasteiger partial charge in [0.1, 0.15) is 10.7 Å². The number of halogens is 4. The molecule has 2 amide bonds. The molecule has 0 aliphatic carbocycles. The van der Waals surface area contributed by atoms with E-state index in [2.05, 4.69) is 27.9 Å². The average Bonchev–Trinajstić information content (AvgIpc) is 2.71. The van der Waals surface area contributed by atoms with Crippen molar-refractivity contribution in [3.8, 4) is 0 Å². The molecule has 0 fully saturated rings. The molecule has 8 heteroatoms. The summed E-state index contributed by atoms with van der Waals surface area (Å²) in [5.41, 5.74) is 1.75. The summed E-state index contributed by atoms with van der Waals surface area (Å²) in [7, 11) is 0. The van der Waals surface area contributed by atoms with Gasteiger partial charge >= 0.3 is 0 Å². The Morgan fingerprint density at radius 1 is 0.960 bits per heavy atom. The quantitative estimate of drug-likeness (QED) is 0.451. The molecule has 0 radical (unpaired) electrons. The second kappa shape index (κ2) is 7.15. The zero-order valence-electron chi connectivity index (χ0n) is 12.7. The second-order valence-electron chi connectivity index (χ2n) is 5.35. The number of amides is 2. The third-order valence-corrected chi connectivity index (χ3v) is 5.02. The lowest BCUT2D eigenvalue weighted by molar-refractivity contribution is -0.120. The standard InChI is InChI=1S/C17H10Cl3IN2O2/c1-8-4-11(21)2-3-13(8)23-16(24)14(20)15(17(23)25)22-12-6-9(18)5-10(19)7-12/h2-7,22H,1H3. The van der Waals surface area contributed by atoms with E-state index in [1.54, 1.807) is 24.3 Å². The van der Waals surface area contributed by atoms with E-state index in [1.807, 2.05) is 19.1 Å². The summed E-state index contributed by atoms with van der Waals surface area (Å²) in [5.74, 6) is -1.11. The molecule has 0 bridgehead atoms. The third-order valence-electron chi connectivity index (χ3n) is 3.56. The van der Waals surface area contributed by atoms with Gasteiger partial charge in [0.25, 0.3) is 11.8 Å². The lowest BCUT2D eigenvalue weighted by Gasteiger charge is -2.17. The normalized spacial score (nSPS) is 14.5. The van der Waals surface area contributed by atoms with Crippen LogP contribution in [0.1, 0.15) is 5.56 Å². The molecular formula is C17H10Cl3IN2O2. The molecule has 0 aromatic heterocycles. The van der Waals surface area contributed by atoms with Crippen molar-refractivity contribution in [1.82, 2.24) is 0 Å². The van der Waals surface area contributed by atoms with E-state index in [-0.39, 0.29) is 10.7 Å². The fourth-order valence-electron chi connectivity index (χ4n) is 2.47. The summed E-state index contributed by atoms with van der Waals surface area (Å²) in [6, 6.07) is 10.2. The maximum Gasteiger partial charge on any atom is 0.283 e. The van der Waals surface area contributed by atoms with E-state index in [1.165, 1.54) is 0 Å². The van der Waals surface area contributed by atoms with Crippen LogP contribution in [0, 0.1) is 10.5 Å². The lowest BCUT2D eigenvalue weighted by atomic mass is 10.2. The fraction of sp³-hybridized carbons (Fsp3) is 0.0588. The molecule has 25 heavy (non-hydrogen) atoms. The molecule has 0 spiro atoms. The van der Waals surface area contributed by atoms with Crippen molar-refractivity contribution in [3.63, 3.8) is 0 Å². The first kappa shape index (κ1) is 18.5. The molecule has 1 aliphatic rings. The zero-order chi connectivity index (χ0) is 18.3. The molecule has 128 valence electrons. The van der Waals surface area contributed by atoms with Crippen LogP contribution in [0.5, 0.6) is 0 Å². The first-order valence-corrected chi connectivity index (χ1v) is 9.27. The smallest absolute Gasteiger partial charge is 0.283 e. The van der Waals surface area contributed by atoms with E-state index in [4.69, 9.17) is 34.8 Å². The van der Waals surface area contributed by atoms with Gasteiger partial charge < -0.3 is 5.32 Å². The van der Waals surface area contributed by atoms with Gasteiger partial charge in [-0.25, -0.2) is 4.90 Å². The van der Waals surface area contributed by atoms with Gasteiger partial charge in [-0.15, -0.1) is 0 Å². The van der Waals surface area contributed by atoms with Gasteiger partial charge in [-0.1, -0.05) is 34.8 Å². The number of imide groups is 1. The van der Waals surface area contributed by atoms with Crippen molar-refractivity contribution < 1.29 is 9.59 Å². The largest absolute Gasteiger partial charge is 0.350 e. The summed E-state index contributed by atoms with van der Waals surface area (Å²) in [4.78, 5) is 26.3. The van der Waals surface area contributed by atoms with Crippen LogP contribution in [0.25, 0.3) is 0 Å². The molecule has 0 atom stereocenters. The van der Waals surface area contributed by atoms with Crippen LogP contribution < -0.4 is 10.2 Å². The molecular weight excluding hydrogens is 497 g/mol. The molecule has 2 aromatic rings. The van der Waals surface area contributed by atoms with Crippen molar-refractivity contribution in [3.05, 3.63) is 66.3 Å². The van der Waals surface area contributed by atoms with E-state index in [0.717, 1.165) is 14.0 Å².